The van der Waals surface area contributed by atoms with Crippen LogP contribution in [0.15, 0.2) is 60.8 Å². The second-order valence-corrected chi connectivity index (χ2v) is 5.74. The van der Waals surface area contributed by atoms with E-state index in [0.29, 0.717) is 13.0 Å². The number of aromatic nitrogens is 1. The van der Waals surface area contributed by atoms with Crippen LogP contribution in [0, 0.1) is 0 Å². The Labute approximate surface area is 142 Å². The van der Waals surface area contributed by atoms with Crippen LogP contribution in [0.4, 0.5) is 0 Å². The fourth-order valence-corrected chi connectivity index (χ4v) is 2.87. The van der Waals surface area contributed by atoms with Gasteiger partial charge in [-0.3, -0.25) is 4.79 Å². The van der Waals surface area contributed by atoms with Crippen LogP contribution in [0.1, 0.15) is 12.0 Å². The van der Waals surface area contributed by atoms with E-state index in [1.807, 2.05) is 54.7 Å². The quantitative estimate of drug-likeness (QED) is 0.724. The molecule has 0 atom stereocenters. The molecule has 4 heteroatoms. The molecule has 1 N–H and O–H groups in total. The maximum atomic E-state index is 12.0. The second-order valence-electron chi connectivity index (χ2n) is 5.74. The first-order chi connectivity index (χ1) is 11.8. The molecule has 0 fully saturated rings. The van der Waals surface area contributed by atoms with Gasteiger partial charge >= 0.3 is 0 Å². The summed E-state index contributed by atoms with van der Waals surface area (Å²) >= 11 is 0. The van der Waals surface area contributed by atoms with E-state index in [-0.39, 0.29) is 5.91 Å². The molecule has 0 radical (unpaired) electrons. The molecule has 0 saturated carbocycles. The number of hydrogen-bond acceptors (Lipinski definition) is 2. The number of rotatable bonds is 7. The van der Waals surface area contributed by atoms with Crippen LogP contribution in [0.2, 0.25) is 0 Å². The van der Waals surface area contributed by atoms with Crippen molar-refractivity contribution in [3.63, 3.8) is 0 Å². The Hall–Kier alpha value is -2.75. The lowest BCUT2D eigenvalue weighted by Crippen LogP contribution is -2.27. The first kappa shape index (κ1) is 16.1. The predicted molar refractivity (Wildman–Crippen MR) is 96.3 cm³/mol. The average molecular weight is 322 g/mol. The molecule has 24 heavy (non-hydrogen) atoms. The molecular formula is C20H22N2O2. The maximum Gasteiger partial charge on any atom is 0.220 e. The van der Waals surface area contributed by atoms with E-state index in [4.69, 9.17) is 4.74 Å². The van der Waals surface area contributed by atoms with Gasteiger partial charge in [0.05, 0.1) is 12.6 Å². The van der Waals surface area contributed by atoms with Crippen LogP contribution < -0.4 is 10.1 Å². The summed E-state index contributed by atoms with van der Waals surface area (Å²) in [4.78, 5) is 12.0. The van der Waals surface area contributed by atoms with Gasteiger partial charge in [0.25, 0.3) is 0 Å². The molecule has 1 amide bonds. The topological polar surface area (TPSA) is 43.3 Å². The van der Waals surface area contributed by atoms with Crippen LogP contribution in [0.3, 0.4) is 0 Å². The molecule has 2 aromatic carbocycles. The summed E-state index contributed by atoms with van der Waals surface area (Å²) in [5.41, 5.74) is 2.31. The second kappa shape index (κ2) is 7.68. The van der Waals surface area contributed by atoms with Crippen molar-refractivity contribution in [1.82, 2.24) is 9.88 Å². The van der Waals surface area contributed by atoms with Crippen LogP contribution >= 0.6 is 0 Å². The molecule has 0 saturated heterocycles. The van der Waals surface area contributed by atoms with E-state index in [1.165, 1.54) is 5.56 Å². The first-order valence-electron chi connectivity index (χ1n) is 8.20. The number of fused-ring (bicyclic) bond motifs is 1. The van der Waals surface area contributed by atoms with Crippen molar-refractivity contribution in [1.29, 1.82) is 0 Å². The number of benzene rings is 2. The summed E-state index contributed by atoms with van der Waals surface area (Å²) < 4.78 is 7.51. The molecular weight excluding hydrogens is 300 g/mol. The van der Waals surface area contributed by atoms with E-state index in [1.54, 1.807) is 7.11 Å². The highest BCUT2D eigenvalue weighted by Gasteiger charge is 2.06. The highest BCUT2D eigenvalue weighted by molar-refractivity contribution is 5.86. The van der Waals surface area contributed by atoms with Crippen molar-refractivity contribution >= 4 is 16.8 Å². The van der Waals surface area contributed by atoms with Gasteiger partial charge in [0.15, 0.2) is 0 Å². The Bertz CT molecular complexity index is 809. The third-order valence-corrected chi connectivity index (χ3v) is 4.15. The third-order valence-electron chi connectivity index (χ3n) is 4.15. The van der Waals surface area contributed by atoms with Crippen molar-refractivity contribution in [2.75, 3.05) is 13.7 Å². The van der Waals surface area contributed by atoms with E-state index < -0.39 is 0 Å². The van der Waals surface area contributed by atoms with Crippen LogP contribution in [-0.4, -0.2) is 24.1 Å². The van der Waals surface area contributed by atoms with Crippen molar-refractivity contribution in [2.24, 2.45) is 0 Å². The number of nitrogens with one attached hydrogen (secondary N) is 1. The number of nitrogens with zero attached hydrogens (tertiary/aromatic N) is 1. The number of amides is 1. The number of hydrogen-bond donors (Lipinski definition) is 1. The van der Waals surface area contributed by atoms with Gasteiger partial charge in [-0.2, -0.15) is 0 Å². The molecule has 3 rings (SSSR count). The van der Waals surface area contributed by atoms with Gasteiger partial charge < -0.3 is 14.6 Å². The molecule has 3 aromatic rings. The zero-order chi connectivity index (χ0) is 16.8. The summed E-state index contributed by atoms with van der Waals surface area (Å²) in [6.45, 7) is 1.36. The zero-order valence-electron chi connectivity index (χ0n) is 13.9. The first-order valence-corrected chi connectivity index (χ1v) is 8.20. The third kappa shape index (κ3) is 3.77. The minimum absolute atomic E-state index is 0.0906. The van der Waals surface area contributed by atoms with Gasteiger partial charge in [-0.15, -0.1) is 0 Å². The van der Waals surface area contributed by atoms with Gasteiger partial charge in [0.1, 0.15) is 5.75 Å². The Morgan fingerprint density at radius 3 is 2.71 bits per heavy atom. The summed E-state index contributed by atoms with van der Waals surface area (Å²) in [7, 11) is 1.68. The molecule has 0 aliphatic carbocycles. The molecule has 0 spiro atoms. The van der Waals surface area contributed by atoms with Crippen molar-refractivity contribution < 1.29 is 9.53 Å². The summed E-state index contributed by atoms with van der Waals surface area (Å²) in [6, 6.07) is 18.1. The highest BCUT2D eigenvalue weighted by atomic mass is 16.5. The summed E-state index contributed by atoms with van der Waals surface area (Å²) in [5.74, 6) is 0.964. The molecule has 1 aromatic heterocycles. The number of carbonyl (C=O) groups excluding carboxylic acids is 1. The van der Waals surface area contributed by atoms with Gasteiger partial charge in [0, 0.05) is 31.1 Å². The molecule has 4 nitrogen and oxygen atoms in total. The Balaban J connectivity index is 1.50. The van der Waals surface area contributed by atoms with Gasteiger partial charge in [0.2, 0.25) is 5.91 Å². The lowest BCUT2D eigenvalue weighted by atomic mass is 10.1. The smallest absolute Gasteiger partial charge is 0.220 e. The van der Waals surface area contributed by atoms with Gasteiger partial charge in [-0.25, -0.2) is 0 Å². The normalized spacial score (nSPS) is 10.7. The van der Waals surface area contributed by atoms with E-state index in [0.717, 1.165) is 29.6 Å². The van der Waals surface area contributed by atoms with Crippen LogP contribution in [0.5, 0.6) is 5.75 Å². The Kier molecular flexibility index (Phi) is 5.16. The molecule has 124 valence electrons. The van der Waals surface area contributed by atoms with Crippen molar-refractivity contribution in [2.45, 2.75) is 19.4 Å². The average Bonchev–Trinajstić information content (AvgIpc) is 3.04. The van der Waals surface area contributed by atoms with Crippen molar-refractivity contribution in [3.8, 4) is 5.75 Å². The van der Waals surface area contributed by atoms with Gasteiger partial charge in [-0.05, 0) is 30.2 Å². The number of methoxy groups -OCH3 is 1. The SMILES string of the molecule is COc1cccc2c1ccn2CCNC(=O)CCc1ccccc1. The monoisotopic (exact) mass is 322 g/mol. The molecule has 0 unspecified atom stereocenters. The Morgan fingerprint density at radius 1 is 1.08 bits per heavy atom. The molecule has 0 aliphatic heterocycles. The molecule has 1 heterocycles. The fourth-order valence-electron chi connectivity index (χ4n) is 2.87. The minimum Gasteiger partial charge on any atom is -0.496 e. The van der Waals surface area contributed by atoms with E-state index in [9.17, 15) is 4.79 Å². The zero-order valence-corrected chi connectivity index (χ0v) is 13.9. The lowest BCUT2D eigenvalue weighted by molar-refractivity contribution is -0.121. The maximum absolute atomic E-state index is 12.0. The van der Waals surface area contributed by atoms with Crippen molar-refractivity contribution in [3.05, 3.63) is 66.4 Å². The van der Waals surface area contributed by atoms with E-state index >= 15 is 0 Å². The minimum atomic E-state index is 0.0906. The predicted octanol–water partition coefficient (Wildman–Crippen LogP) is 3.40. The standard InChI is InChI=1S/C20H22N2O2/c1-24-19-9-5-8-18-17(19)12-14-22(18)15-13-21-20(23)11-10-16-6-3-2-4-7-16/h2-9,12,14H,10-11,13,15H2,1H3,(H,21,23). The summed E-state index contributed by atoms with van der Waals surface area (Å²) in [5, 5.41) is 4.09. The summed E-state index contributed by atoms with van der Waals surface area (Å²) in [6.07, 6.45) is 3.32. The van der Waals surface area contributed by atoms with Crippen LogP contribution in [0.25, 0.3) is 10.9 Å². The van der Waals surface area contributed by atoms with E-state index in [2.05, 4.69) is 16.0 Å². The largest absolute Gasteiger partial charge is 0.496 e. The number of carbonyl (C=O) groups is 1. The fraction of sp³-hybridized carbons (Fsp3) is 0.250. The lowest BCUT2D eigenvalue weighted by Gasteiger charge is -2.08. The van der Waals surface area contributed by atoms with Gasteiger partial charge in [-0.1, -0.05) is 36.4 Å². The number of ether oxygens (including phenoxy) is 1. The Morgan fingerprint density at radius 2 is 1.92 bits per heavy atom. The molecule has 0 bridgehead atoms. The number of aryl methyl sites for hydroxylation is 1. The van der Waals surface area contributed by atoms with Crippen LogP contribution in [-0.2, 0) is 17.8 Å². The molecule has 0 aliphatic rings. The highest BCUT2D eigenvalue weighted by Crippen LogP contribution is 2.25.